The first-order valence-corrected chi connectivity index (χ1v) is 22.9. The Hall–Kier alpha value is -0.530. The van der Waals surface area contributed by atoms with Crippen LogP contribution in [0, 0.1) is 5.92 Å². The van der Waals surface area contributed by atoms with Gasteiger partial charge in [0.15, 0.2) is 0 Å². The summed E-state index contributed by atoms with van der Waals surface area (Å²) in [6.07, 6.45) is 57.6. The van der Waals surface area contributed by atoms with Crippen molar-refractivity contribution in [1.82, 2.24) is 0 Å². The predicted molar refractivity (Wildman–Crippen MR) is 216 cm³/mol. The van der Waals surface area contributed by atoms with Gasteiger partial charge in [0, 0.05) is 0 Å². The second kappa shape index (κ2) is 42.6. The fourth-order valence-electron chi connectivity index (χ4n) is 7.68. The molecule has 0 amide bonds. The summed E-state index contributed by atoms with van der Waals surface area (Å²) in [7, 11) is 0. The topological polar surface area (TPSA) is 37.3 Å². The highest BCUT2D eigenvalue weighted by molar-refractivity contribution is 5.69. The molecule has 0 aromatic heterocycles. The summed E-state index contributed by atoms with van der Waals surface area (Å²) in [5.74, 6) is -0.651. The van der Waals surface area contributed by atoms with Crippen LogP contribution < -0.4 is 0 Å². The molecule has 0 aromatic rings. The monoisotopic (exact) mass is 677 g/mol. The van der Waals surface area contributed by atoms with E-state index in [0.29, 0.717) is 0 Å². The van der Waals surface area contributed by atoms with Crippen LogP contribution in [-0.4, -0.2) is 11.1 Å². The zero-order valence-electron chi connectivity index (χ0n) is 33.6. The molecule has 48 heavy (non-hydrogen) atoms. The fraction of sp³-hybridized carbons (Fsp3) is 0.978. The Kier molecular flexibility index (Phi) is 42.2. The van der Waals surface area contributed by atoms with Crippen molar-refractivity contribution in [3.05, 3.63) is 0 Å². The molecule has 2 heteroatoms. The molecule has 2 nitrogen and oxygen atoms in total. The van der Waals surface area contributed by atoms with Gasteiger partial charge in [-0.15, -0.1) is 0 Å². The molecular formula is C46H92O2. The first-order chi connectivity index (χ1) is 23.7. The predicted octanol–water partition coefficient (Wildman–Crippen LogP) is 17.1. The molecule has 1 unspecified atom stereocenters. The number of carbonyl (C=O) groups is 1. The summed E-state index contributed by atoms with van der Waals surface area (Å²) in [5, 5.41) is 9.68. The maximum absolute atomic E-state index is 11.8. The average molecular weight is 677 g/mol. The van der Waals surface area contributed by atoms with Gasteiger partial charge in [-0.25, -0.2) is 0 Å². The molecule has 0 aliphatic heterocycles. The highest BCUT2D eigenvalue weighted by atomic mass is 16.4. The minimum atomic E-state index is -0.551. The average Bonchev–Trinajstić information content (AvgIpc) is 3.08. The molecule has 0 radical (unpaired) electrons. The zero-order valence-corrected chi connectivity index (χ0v) is 33.6. The Balaban J connectivity index is 3.32. The first-order valence-electron chi connectivity index (χ1n) is 22.9. The quantitative estimate of drug-likeness (QED) is 0.0653. The third-order valence-corrected chi connectivity index (χ3v) is 11.2. The molecule has 0 fully saturated rings. The van der Waals surface area contributed by atoms with E-state index >= 15 is 0 Å². The maximum atomic E-state index is 11.8. The number of carboxylic acids is 1. The Bertz CT molecular complexity index is 587. The van der Waals surface area contributed by atoms with Crippen LogP contribution in [0.15, 0.2) is 0 Å². The van der Waals surface area contributed by atoms with Crippen LogP contribution in [0.5, 0.6) is 0 Å². The largest absolute Gasteiger partial charge is 0.481 e. The van der Waals surface area contributed by atoms with Gasteiger partial charge in [-0.1, -0.05) is 271 Å². The van der Waals surface area contributed by atoms with Crippen molar-refractivity contribution in [1.29, 1.82) is 0 Å². The van der Waals surface area contributed by atoms with E-state index in [-0.39, 0.29) is 5.92 Å². The SMILES string of the molecule is CCCCCCCCCCCCCCCCCCCCCCCCCCC(CCCCCCCCCCCCCCCCCC)C(=O)O. The molecule has 0 aromatic carbocycles. The molecular weight excluding hydrogens is 585 g/mol. The summed E-state index contributed by atoms with van der Waals surface area (Å²) in [6.45, 7) is 4.59. The zero-order chi connectivity index (χ0) is 34.9. The van der Waals surface area contributed by atoms with Crippen molar-refractivity contribution < 1.29 is 9.90 Å². The van der Waals surface area contributed by atoms with E-state index in [0.717, 1.165) is 25.7 Å². The van der Waals surface area contributed by atoms with E-state index in [9.17, 15) is 9.90 Å². The number of rotatable bonds is 43. The fourth-order valence-corrected chi connectivity index (χ4v) is 7.68. The molecule has 0 saturated carbocycles. The van der Waals surface area contributed by atoms with Gasteiger partial charge in [0.1, 0.15) is 0 Å². The summed E-state index contributed by atoms with van der Waals surface area (Å²) in [5.41, 5.74) is 0. The van der Waals surface area contributed by atoms with Crippen LogP contribution >= 0.6 is 0 Å². The number of hydrogen-bond donors (Lipinski definition) is 1. The molecule has 0 aliphatic carbocycles. The minimum Gasteiger partial charge on any atom is -0.481 e. The van der Waals surface area contributed by atoms with Crippen molar-refractivity contribution >= 4 is 5.97 Å². The van der Waals surface area contributed by atoms with E-state index in [1.165, 1.54) is 244 Å². The van der Waals surface area contributed by atoms with Crippen LogP contribution in [0.1, 0.15) is 284 Å². The van der Waals surface area contributed by atoms with Gasteiger partial charge in [-0.2, -0.15) is 0 Å². The molecule has 0 heterocycles. The van der Waals surface area contributed by atoms with Gasteiger partial charge in [0.25, 0.3) is 0 Å². The van der Waals surface area contributed by atoms with E-state index in [1.54, 1.807) is 0 Å². The molecule has 0 aliphatic rings. The van der Waals surface area contributed by atoms with Crippen LogP contribution in [0.3, 0.4) is 0 Å². The maximum Gasteiger partial charge on any atom is 0.306 e. The lowest BCUT2D eigenvalue weighted by Crippen LogP contribution is -2.13. The van der Waals surface area contributed by atoms with E-state index < -0.39 is 5.97 Å². The molecule has 0 saturated heterocycles. The van der Waals surface area contributed by atoms with Crippen molar-refractivity contribution in [2.45, 2.75) is 284 Å². The van der Waals surface area contributed by atoms with Crippen LogP contribution in [0.25, 0.3) is 0 Å². The molecule has 0 spiro atoms. The van der Waals surface area contributed by atoms with Crippen molar-refractivity contribution in [3.63, 3.8) is 0 Å². The Morgan fingerprint density at radius 1 is 0.292 bits per heavy atom. The van der Waals surface area contributed by atoms with Crippen LogP contribution in [0.2, 0.25) is 0 Å². The Morgan fingerprint density at radius 2 is 0.438 bits per heavy atom. The van der Waals surface area contributed by atoms with Gasteiger partial charge in [0.05, 0.1) is 5.92 Å². The summed E-state index contributed by atoms with van der Waals surface area (Å²) in [6, 6.07) is 0. The second-order valence-electron chi connectivity index (χ2n) is 16.0. The molecule has 288 valence electrons. The second-order valence-corrected chi connectivity index (χ2v) is 16.0. The number of aliphatic carboxylic acids is 1. The van der Waals surface area contributed by atoms with Crippen molar-refractivity contribution in [2.75, 3.05) is 0 Å². The third kappa shape index (κ3) is 39.9. The number of hydrogen-bond acceptors (Lipinski definition) is 1. The Labute approximate surface area is 304 Å². The van der Waals surface area contributed by atoms with Gasteiger partial charge in [0.2, 0.25) is 0 Å². The summed E-state index contributed by atoms with van der Waals surface area (Å²) < 4.78 is 0. The van der Waals surface area contributed by atoms with Gasteiger partial charge in [-0.05, 0) is 12.8 Å². The van der Waals surface area contributed by atoms with E-state index in [1.807, 2.05) is 0 Å². The van der Waals surface area contributed by atoms with Crippen molar-refractivity contribution in [2.24, 2.45) is 5.92 Å². The van der Waals surface area contributed by atoms with Gasteiger partial charge in [-0.3, -0.25) is 4.79 Å². The summed E-state index contributed by atoms with van der Waals surface area (Å²) in [4.78, 5) is 11.8. The lowest BCUT2D eigenvalue weighted by molar-refractivity contribution is -0.142. The minimum absolute atomic E-state index is 0.101. The van der Waals surface area contributed by atoms with Crippen molar-refractivity contribution in [3.8, 4) is 0 Å². The van der Waals surface area contributed by atoms with E-state index in [4.69, 9.17) is 0 Å². The lowest BCUT2D eigenvalue weighted by Gasteiger charge is -2.12. The molecule has 1 atom stereocenters. The van der Waals surface area contributed by atoms with Crippen LogP contribution in [0.4, 0.5) is 0 Å². The smallest absolute Gasteiger partial charge is 0.306 e. The lowest BCUT2D eigenvalue weighted by atomic mass is 9.94. The molecule has 0 rings (SSSR count). The Morgan fingerprint density at radius 3 is 0.583 bits per heavy atom. The molecule has 0 bridgehead atoms. The standard InChI is InChI=1S/C46H92O2/c1-3-5-7-9-11-13-15-17-19-21-22-23-24-25-26-27-28-30-32-34-36-38-40-42-44-45(46(47)48)43-41-39-37-35-33-31-29-20-18-16-14-12-10-8-6-4-2/h45H,3-44H2,1-2H3,(H,47,48). The molecule has 1 N–H and O–H groups in total. The van der Waals surface area contributed by atoms with Crippen LogP contribution in [-0.2, 0) is 4.79 Å². The first kappa shape index (κ1) is 47.5. The van der Waals surface area contributed by atoms with Gasteiger partial charge >= 0.3 is 5.97 Å². The highest BCUT2D eigenvalue weighted by Crippen LogP contribution is 2.21. The van der Waals surface area contributed by atoms with Gasteiger partial charge < -0.3 is 5.11 Å². The number of unbranched alkanes of at least 4 members (excludes halogenated alkanes) is 38. The van der Waals surface area contributed by atoms with E-state index in [2.05, 4.69) is 13.8 Å². The third-order valence-electron chi connectivity index (χ3n) is 11.2. The number of carboxylic acid groups (broad SMARTS) is 1. The summed E-state index contributed by atoms with van der Waals surface area (Å²) >= 11 is 0. The normalized spacial score (nSPS) is 12.2. The highest BCUT2D eigenvalue weighted by Gasteiger charge is 2.16.